The van der Waals surface area contributed by atoms with Crippen molar-refractivity contribution < 1.29 is 58.0 Å². The molecule has 0 spiro atoms. The SMILES string of the molecule is CC1(COC(=O)C(F)(F)C(F)(F)F)OCC(COCCS(=O)(=O)F)O1. The molecule has 0 aromatic rings. The molecule has 0 radical (unpaired) electrons. The van der Waals surface area contributed by atoms with Crippen LogP contribution in [0, 0.1) is 0 Å². The topological polar surface area (TPSA) is 88.1 Å². The van der Waals surface area contributed by atoms with Crippen LogP contribution >= 0.6 is 0 Å². The van der Waals surface area contributed by atoms with Crippen molar-refractivity contribution in [2.75, 3.05) is 32.2 Å². The summed E-state index contributed by atoms with van der Waals surface area (Å²) in [5.74, 6) is -11.2. The van der Waals surface area contributed by atoms with Gasteiger partial charge in [-0.1, -0.05) is 0 Å². The van der Waals surface area contributed by atoms with E-state index in [0.29, 0.717) is 0 Å². The Kier molecular flexibility index (Phi) is 6.69. The minimum absolute atomic E-state index is 0.202. The zero-order valence-corrected chi connectivity index (χ0v) is 13.5. The highest BCUT2D eigenvalue weighted by Crippen LogP contribution is 2.36. The van der Waals surface area contributed by atoms with E-state index in [2.05, 4.69) is 4.74 Å². The van der Waals surface area contributed by atoms with E-state index in [1.165, 1.54) is 0 Å². The molecule has 1 saturated heterocycles. The van der Waals surface area contributed by atoms with Crippen molar-refractivity contribution in [1.82, 2.24) is 0 Å². The van der Waals surface area contributed by atoms with E-state index < -0.39 is 59.1 Å². The minimum atomic E-state index is -6.10. The monoisotopic (exact) mass is 404 g/mol. The van der Waals surface area contributed by atoms with Crippen LogP contribution in [0.15, 0.2) is 0 Å². The fourth-order valence-electron chi connectivity index (χ4n) is 1.62. The maximum absolute atomic E-state index is 12.7. The number of alkyl halides is 5. The van der Waals surface area contributed by atoms with E-state index in [1.807, 2.05) is 0 Å². The molecule has 0 aromatic carbocycles. The lowest BCUT2D eigenvalue weighted by Gasteiger charge is -2.24. The molecule has 1 fully saturated rings. The van der Waals surface area contributed by atoms with Crippen LogP contribution in [-0.4, -0.2) is 70.6 Å². The van der Waals surface area contributed by atoms with Crippen LogP contribution in [-0.2, 0) is 34.0 Å². The van der Waals surface area contributed by atoms with E-state index in [4.69, 9.17) is 14.2 Å². The number of carbonyl (C=O) groups is 1. The summed E-state index contributed by atoms with van der Waals surface area (Å²) in [4.78, 5) is 10.9. The first kappa shape index (κ1) is 21.9. The summed E-state index contributed by atoms with van der Waals surface area (Å²) in [6.07, 6.45) is -6.95. The van der Waals surface area contributed by atoms with Crippen molar-refractivity contribution in [2.45, 2.75) is 30.9 Å². The lowest BCUT2D eigenvalue weighted by molar-refractivity contribution is -0.285. The maximum atomic E-state index is 12.7. The van der Waals surface area contributed by atoms with E-state index in [9.17, 15) is 39.1 Å². The number of rotatable bonds is 8. The van der Waals surface area contributed by atoms with E-state index in [0.717, 1.165) is 6.92 Å². The molecule has 2 atom stereocenters. The van der Waals surface area contributed by atoms with Crippen molar-refractivity contribution >= 4 is 16.2 Å². The van der Waals surface area contributed by atoms with Gasteiger partial charge in [-0.25, -0.2) is 4.79 Å². The summed E-state index contributed by atoms with van der Waals surface area (Å²) in [7, 11) is -4.70. The molecule has 14 heteroatoms. The lowest BCUT2D eigenvalue weighted by Crippen LogP contribution is -2.47. The second kappa shape index (κ2) is 7.63. The smallest absolute Gasteiger partial charge is 0.455 e. The van der Waals surface area contributed by atoms with Crippen LogP contribution in [0.4, 0.5) is 25.8 Å². The summed E-state index contributed by atoms with van der Waals surface area (Å²) in [5.41, 5.74) is 0. The fourth-order valence-corrected chi connectivity index (χ4v) is 1.94. The number of halogens is 6. The molecule has 0 saturated carbocycles. The third-order valence-corrected chi connectivity index (χ3v) is 3.50. The van der Waals surface area contributed by atoms with Crippen molar-refractivity contribution in [1.29, 1.82) is 0 Å². The molecule has 1 heterocycles. The van der Waals surface area contributed by atoms with Gasteiger partial charge in [-0.05, 0) is 6.92 Å². The molecule has 148 valence electrons. The molecule has 1 aliphatic heterocycles. The van der Waals surface area contributed by atoms with E-state index >= 15 is 0 Å². The lowest BCUT2D eigenvalue weighted by atomic mass is 10.3. The highest BCUT2D eigenvalue weighted by atomic mass is 32.3. The van der Waals surface area contributed by atoms with Crippen LogP contribution in [0.5, 0.6) is 0 Å². The highest BCUT2D eigenvalue weighted by molar-refractivity contribution is 7.86. The summed E-state index contributed by atoms with van der Waals surface area (Å²) >= 11 is 0. The number of esters is 1. The Morgan fingerprint density at radius 2 is 1.88 bits per heavy atom. The van der Waals surface area contributed by atoms with Crippen LogP contribution in [0.3, 0.4) is 0 Å². The quantitative estimate of drug-likeness (QED) is 0.260. The molecular weight excluding hydrogens is 390 g/mol. The average Bonchev–Trinajstić information content (AvgIpc) is 2.81. The van der Waals surface area contributed by atoms with Gasteiger partial charge in [-0.3, -0.25) is 0 Å². The van der Waals surface area contributed by atoms with E-state index in [-0.39, 0.29) is 13.2 Å². The van der Waals surface area contributed by atoms with Gasteiger partial charge >= 0.3 is 28.3 Å². The standard InChI is InChI=1S/C11H14F6O7S/c1-9(6-22-8(18)10(12,13)11(14,15)16)23-5-7(24-9)4-21-2-3-25(17,19)20/h7H,2-6H2,1H3. The number of hydrogen-bond donors (Lipinski definition) is 0. The molecule has 25 heavy (non-hydrogen) atoms. The van der Waals surface area contributed by atoms with Crippen molar-refractivity contribution in [3.05, 3.63) is 0 Å². The van der Waals surface area contributed by atoms with Crippen LogP contribution < -0.4 is 0 Å². The third-order valence-electron chi connectivity index (χ3n) is 2.84. The Hall–Kier alpha value is -1.12. The van der Waals surface area contributed by atoms with Gasteiger partial charge in [0.1, 0.15) is 18.5 Å². The minimum Gasteiger partial charge on any atom is -0.455 e. The Morgan fingerprint density at radius 1 is 1.28 bits per heavy atom. The molecule has 0 aromatic heterocycles. The second-order valence-electron chi connectivity index (χ2n) is 5.15. The van der Waals surface area contributed by atoms with Gasteiger partial charge in [0.05, 0.1) is 19.8 Å². The predicted molar refractivity (Wildman–Crippen MR) is 66.9 cm³/mol. The van der Waals surface area contributed by atoms with E-state index in [1.54, 1.807) is 0 Å². The molecule has 1 rings (SSSR count). The Labute approximate surface area is 138 Å². The molecule has 0 amide bonds. The predicted octanol–water partition coefficient (Wildman–Crippen LogP) is 1.17. The van der Waals surface area contributed by atoms with Crippen molar-refractivity contribution in [3.63, 3.8) is 0 Å². The number of carbonyl (C=O) groups excluding carboxylic acids is 1. The van der Waals surface area contributed by atoms with Crippen LogP contribution in [0.2, 0.25) is 0 Å². The molecule has 0 aliphatic carbocycles. The van der Waals surface area contributed by atoms with Crippen molar-refractivity contribution in [3.8, 4) is 0 Å². The summed E-state index contributed by atoms with van der Waals surface area (Å²) in [5, 5.41) is 0. The normalized spacial score (nSPS) is 25.2. The number of ether oxygens (including phenoxy) is 4. The first-order chi connectivity index (χ1) is 11.2. The Bertz CT molecular complexity index is 578. The largest absolute Gasteiger partial charge is 0.465 e. The van der Waals surface area contributed by atoms with Crippen LogP contribution in [0.25, 0.3) is 0 Å². The Morgan fingerprint density at radius 3 is 2.40 bits per heavy atom. The van der Waals surface area contributed by atoms with Crippen molar-refractivity contribution in [2.24, 2.45) is 0 Å². The molecule has 1 aliphatic rings. The fraction of sp³-hybridized carbons (Fsp3) is 0.909. The number of hydrogen-bond acceptors (Lipinski definition) is 7. The second-order valence-corrected chi connectivity index (χ2v) is 6.64. The summed E-state index contributed by atoms with van der Waals surface area (Å²) in [6.45, 7) is -0.878. The summed E-state index contributed by atoms with van der Waals surface area (Å²) < 4.78 is 113. The zero-order chi connectivity index (χ0) is 19.5. The first-order valence-electron chi connectivity index (χ1n) is 6.60. The maximum Gasteiger partial charge on any atom is 0.465 e. The third kappa shape index (κ3) is 6.60. The molecule has 0 bridgehead atoms. The van der Waals surface area contributed by atoms with Crippen LogP contribution in [0.1, 0.15) is 6.92 Å². The average molecular weight is 404 g/mol. The highest BCUT2D eigenvalue weighted by Gasteiger charge is 2.65. The van der Waals surface area contributed by atoms with Gasteiger partial charge in [-0.15, -0.1) is 3.89 Å². The molecule has 7 nitrogen and oxygen atoms in total. The van der Waals surface area contributed by atoms with Gasteiger partial charge in [0, 0.05) is 0 Å². The van der Waals surface area contributed by atoms with Gasteiger partial charge in [0.25, 0.3) is 0 Å². The van der Waals surface area contributed by atoms with Gasteiger partial charge < -0.3 is 18.9 Å². The first-order valence-corrected chi connectivity index (χ1v) is 8.15. The van der Waals surface area contributed by atoms with Gasteiger partial charge in [0.15, 0.2) is 0 Å². The van der Waals surface area contributed by atoms with Gasteiger partial charge in [0.2, 0.25) is 5.79 Å². The molecular formula is C11H14F6O7S. The van der Waals surface area contributed by atoms with Gasteiger partial charge in [-0.2, -0.15) is 30.4 Å². The molecule has 0 N–H and O–H groups in total. The zero-order valence-electron chi connectivity index (χ0n) is 12.6. The molecule has 2 unspecified atom stereocenters. The Balaban J connectivity index is 2.42. The summed E-state index contributed by atoms with van der Waals surface area (Å²) in [6, 6.07) is 0.